The quantitative estimate of drug-likeness (QED) is 0.395. The zero-order chi connectivity index (χ0) is 6.24. The predicted octanol–water partition coefficient (Wildman–Crippen LogP) is 1.52. The van der Waals surface area contributed by atoms with Crippen LogP contribution in [0.2, 0.25) is 0 Å². The molecule has 0 rings (SSSR count). The maximum Gasteiger partial charge on any atom is 0.0621 e. The summed E-state index contributed by atoms with van der Waals surface area (Å²) in [5, 5.41) is 8.05. The molecule has 1 nitrogen and oxygen atoms in total. The third-order valence-electron chi connectivity index (χ3n) is 0.755. The van der Waals surface area contributed by atoms with Crippen LogP contribution in [-0.2, 0) is 0 Å². The van der Waals surface area contributed by atoms with Gasteiger partial charge in [0.2, 0.25) is 0 Å². The van der Waals surface area contributed by atoms with Gasteiger partial charge in [0.15, 0.2) is 0 Å². The molecule has 0 bridgehead atoms. The first-order valence-electron chi connectivity index (χ1n) is 2.56. The van der Waals surface area contributed by atoms with Gasteiger partial charge in [-0.2, -0.15) is 5.26 Å². The Morgan fingerprint density at radius 3 is 2.88 bits per heavy atom. The normalized spacial score (nSPS) is 7.25. The summed E-state index contributed by atoms with van der Waals surface area (Å²) in [4.78, 5) is 0. The van der Waals surface area contributed by atoms with E-state index in [9.17, 15) is 0 Å². The third kappa shape index (κ3) is 5.05. The van der Waals surface area contributed by atoms with Crippen LogP contribution in [0.3, 0.4) is 0 Å². The zero-order valence-electron chi connectivity index (χ0n) is 4.72. The molecule has 0 aliphatic rings. The standard InChI is InChI=1S/C7H8N/c1-2-3-4-5-6-7-8/h1,3H,4-6H2. The van der Waals surface area contributed by atoms with Gasteiger partial charge in [0.1, 0.15) is 0 Å². The predicted molar refractivity (Wildman–Crippen MR) is 32.6 cm³/mol. The van der Waals surface area contributed by atoms with E-state index in [2.05, 4.69) is 5.92 Å². The van der Waals surface area contributed by atoms with Crippen molar-refractivity contribution in [2.45, 2.75) is 19.3 Å². The van der Waals surface area contributed by atoms with Gasteiger partial charge in [0, 0.05) is 12.8 Å². The molecule has 0 aromatic heterocycles. The lowest BCUT2D eigenvalue weighted by molar-refractivity contribution is 0.855. The van der Waals surface area contributed by atoms with Gasteiger partial charge in [-0.15, -0.1) is 12.3 Å². The van der Waals surface area contributed by atoms with Gasteiger partial charge < -0.3 is 0 Å². The molecule has 0 spiro atoms. The fourth-order valence-electron chi connectivity index (χ4n) is 0.367. The fraction of sp³-hybridized carbons (Fsp3) is 0.429. The smallest absolute Gasteiger partial charge is 0.0621 e. The molecule has 1 radical (unpaired) electrons. The van der Waals surface area contributed by atoms with Crippen LogP contribution in [0.4, 0.5) is 0 Å². The molecule has 0 aliphatic carbocycles. The maximum atomic E-state index is 8.05. The Balaban J connectivity index is 2.77. The SMILES string of the molecule is C#C[CH]CCCC#N. The molecule has 0 aromatic rings. The van der Waals surface area contributed by atoms with Crippen LogP contribution in [0.5, 0.6) is 0 Å². The van der Waals surface area contributed by atoms with E-state index < -0.39 is 0 Å². The molecule has 0 saturated heterocycles. The highest BCUT2D eigenvalue weighted by molar-refractivity contribution is 5.00. The zero-order valence-corrected chi connectivity index (χ0v) is 4.72. The molecule has 8 heavy (non-hydrogen) atoms. The van der Waals surface area contributed by atoms with Crippen LogP contribution in [0.15, 0.2) is 0 Å². The van der Waals surface area contributed by atoms with Gasteiger partial charge in [-0.3, -0.25) is 0 Å². The van der Waals surface area contributed by atoms with Crippen LogP contribution in [0, 0.1) is 30.1 Å². The molecule has 0 unspecified atom stereocenters. The highest BCUT2D eigenvalue weighted by Gasteiger charge is 1.82. The Kier molecular flexibility index (Phi) is 5.33. The van der Waals surface area contributed by atoms with Crippen LogP contribution < -0.4 is 0 Å². The second kappa shape index (κ2) is 6.05. The van der Waals surface area contributed by atoms with E-state index in [0.29, 0.717) is 6.42 Å². The molecule has 0 heterocycles. The van der Waals surface area contributed by atoms with Gasteiger partial charge in [-0.25, -0.2) is 0 Å². The average Bonchev–Trinajstić information content (AvgIpc) is 1.81. The number of terminal acetylenes is 1. The van der Waals surface area contributed by atoms with Crippen molar-refractivity contribution in [1.82, 2.24) is 0 Å². The summed E-state index contributed by atoms with van der Waals surface area (Å²) in [7, 11) is 0. The lowest BCUT2D eigenvalue weighted by atomic mass is 10.2. The van der Waals surface area contributed by atoms with E-state index in [1.165, 1.54) is 0 Å². The Morgan fingerprint density at radius 1 is 1.62 bits per heavy atom. The Morgan fingerprint density at radius 2 is 2.38 bits per heavy atom. The van der Waals surface area contributed by atoms with Crippen LogP contribution >= 0.6 is 0 Å². The van der Waals surface area contributed by atoms with Gasteiger partial charge in [-0.05, 0) is 12.8 Å². The largest absolute Gasteiger partial charge is 0.198 e. The average molecular weight is 106 g/mol. The van der Waals surface area contributed by atoms with E-state index in [1.807, 2.05) is 6.07 Å². The topological polar surface area (TPSA) is 23.8 Å². The molecule has 0 aliphatic heterocycles. The molecule has 1 heteroatoms. The third-order valence-corrected chi connectivity index (χ3v) is 0.755. The van der Waals surface area contributed by atoms with Crippen molar-refractivity contribution in [1.29, 1.82) is 5.26 Å². The van der Waals surface area contributed by atoms with Crippen molar-refractivity contribution in [3.8, 4) is 18.4 Å². The Hall–Kier alpha value is -0.950. The summed E-state index contributed by atoms with van der Waals surface area (Å²) < 4.78 is 0. The van der Waals surface area contributed by atoms with Crippen LogP contribution in [0.25, 0.3) is 0 Å². The first-order chi connectivity index (χ1) is 3.91. The number of unbranched alkanes of at least 4 members (excludes halogenated alkanes) is 3. The molecule has 0 fully saturated rings. The van der Waals surface area contributed by atoms with Crippen molar-refractivity contribution in [3.63, 3.8) is 0 Å². The number of rotatable bonds is 3. The lowest BCUT2D eigenvalue weighted by Gasteiger charge is -1.84. The van der Waals surface area contributed by atoms with E-state index in [1.54, 1.807) is 6.42 Å². The van der Waals surface area contributed by atoms with Gasteiger partial charge in [-0.1, -0.05) is 0 Å². The second-order valence-corrected chi connectivity index (χ2v) is 1.42. The van der Waals surface area contributed by atoms with E-state index in [-0.39, 0.29) is 0 Å². The minimum absolute atomic E-state index is 0.609. The summed E-state index contributed by atoms with van der Waals surface area (Å²) in [6.45, 7) is 0. The van der Waals surface area contributed by atoms with Gasteiger partial charge in [0.25, 0.3) is 0 Å². The Bertz CT molecular complexity index is 97.3. The summed E-state index contributed by atoms with van der Waals surface area (Å²) in [6.07, 6.45) is 9.02. The van der Waals surface area contributed by atoms with Crippen molar-refractivity contribution in [2.24, 2.45) is 0 Å². The number of hydrogen-bond acceptors (Lipinski definition) is 1. The van der Waals surface area contributed by atoms with Gasteiger partial charge >= 0.3 is 0 Å². The molecular weight excluding hydrogens is 98.1 g/mol. The first kappa shape index (κ1) is 7.05. The maximum absolute atomic E-state index is 8.05. The van der Waals surface area contributed by atoms with Crippen molar-refractivity contribution in [2.75, 3.05) is 0 Å². The van der Waals surface area contributed by atoms with E-state index in [0.717, 1.165) is 12.8 Å². The first-order valence-corrected chi connectivity index (χ1v) is 2.56. The minimum Gasteiger partial charge on any atom is -0.198 e. The molecular formula is C7H8N. The molecule has 0 N–H and O–H groups in total. The molecule has 0 aromatic carbocycles. The van der Waals surface area contributed by atoms with Crippen molar-refractivity contribution >= 4 is 0 Å². The van der Waals surface area contributed by atoms with Crippen molar-refractivity contribution < 1.29 is 0 Å². The van der Waals surface area contributed by atoms with Crippen LogP contribution in [-0.4, -0.2) is 0 Å². The highest BCUT2D eigenvalue weighted by atomic mass is 14.2. The number of hydrogen-bond donors (Lipinski definition) is 0. The van der Waals surface area contributed by atoms with E-state index in [4.69, 9.17) is 11.7 Å². The monoisotopic (exact) mass is 106 g/mol. The minimum atomic E-state index is 0.609. The molecule has 0 amide bonds. The second-order valence-electron chi connectivity index (χ2n) is 1.42. The molecule has 0 atom stereocenters. The summed E-state index contributed by atoms with van der Waals surface area (Å²) >= 11 is 0. The fourth-order valence-corrected chi connectivity index (χ4v) is 0.367. The highest BCUT2D eigenvalue weighted by Crippen LogP contribution is 1.94. The summed E-state index contributed by atoms with van der Waals surface area (Å²) in [6, 6.07) is 2.04. The molecule has 41 valence electrons. The summed E-state index contributed by atoms with van der Waals surface area (Å²) in [5.74, 6) is 2.39. The van der Waals surface area contributed by atoms with Crippen LogP contribution in [0.1, 0.15) is 19.3 Å². The lowest BCUT2D eigenvalue weighted by Crippen LogP contribution is -1.71. The summed E-state index contributed by atoms with van der Waals surface area (Å²) in [5.41, 5.74) is 0. The van der Waals surface area contributed by atoms with Crippen molar-refractivity contribution in [3.05, 3.63) is 6.42 Å². The Labute approximate surface area is 50.3 Å². The molecule has 0 saturated carbocycles. The van der Waals surface area contributed by atoms with Gasteiger partial charge in [0.05, 0.1) is 6.07 Å². The van der Waals surface area contributed by atoms with E-state index >= 15 is 0 Å². The number of nitrogens with zero attached hydrogens (tertiary/aromatic N) is 1. The number of nitriles is 1.